The predicted octanol–water partition coefficient (Wildman–Crippen LogP) is 1.64. The Morgan fingerprint density at radius 3 is 2.95 bits per heavy atom. The Kier molecular flexibility index (Phi) is 2.88. The van der Waals surface area contributed by atoms with Crippen molar-refractivity contribution in [3.63, 3.8) is 0 Å². The van der Waals surface area contributed by atoms with Crippen LogP contribution in [0.4, 0.5) is 0 Å². The summed E-state index contributed by atoms with van der Waals surface area (Å²) in [6.45, 7) is 0.156. The molecule has 6 heteroatoms. The fraction of sp³-hybridized carbons (Fsp3) is 0.214. The second-order valence-corrected chi connectivity index (χ2v) is 4.40. The summed E-state index contributed by atoms with van der Waals surface area (Å²) in [4.78, 5) is 16.4. The zero-order valence-electron chi connectivity index (χ0n) is 10.7. The highest BCUT2D eigenvalue weighted by Crippen LogP contribution is 2.35. The summed E-state index contributed by atoms with van der Waals surface area (Å²) < 4.78 is 12.1. The molecule has 3 rings (SSSR count). The van der Waals surface area contributed by atoms with Crippen molar-refractivity contribution in [2.45, 2.75) is 5.92 Å². The fourth-order valence-corrected chi connectivity index (χ4v) is 2.11. The predicted molar refractivity (Wildman–Crippen MR) is 68.5 cm³/mol. The number of imidazole rings is 1. The number of nitriles is 1. The molecule has 0 amide bonds. The van der Waals surface area contributed by atoms with Gasteiger partial charge in [0.05, 0.1) is 6.07 Å². The first kappa shape index (κ1) is 12.2. The van der Waals surface area contributed by atoms with E-state index >= 15 is 0 Å². The molecule has 1 aliphatic rings. The molecule has 0 fully saturated rings. The van der Waals surface area contributed by atoms with E-state index in [0.717, 1.165) is 0 Å². The fourth-order valence-electron chi connectivity index (χ4n) is 2.11. The molecule has 0 saturated carbocycles. The smallest absolute Gasteiger partial charge is 0.231 e. The molecule has 1 atom stereocenters. The van der Waals surface area contributed by atoms with Gasteiger partial charge in [0.2, 0.25) is 12.6 Å². The van der Waals surface area contributed by atoms with Crippen LogP contribution in [0.2, 0.25) is 0 Å². The van der Waals surface area contributed by atoms with Crippen molar-refractivity contribution < 1.29 is 14.3 Å². The maximum atomic E-state index is 12.4. The van der Waals surface area contributed by atoms with Crippen molar-refractivity contribution in [2.24, 2.45) is 7.05 Å². The van der Waals surface area contributed by atoms with E-state index in [-0.39, 0.29) is 18.4 Å². The van der Waals surface area contributed by atoms with Crippen molar-refractivity contribution in [3.8, 4) is 17.6 Å². The van der Waals surface area contributed by atoms with Crippen LogP contribution in [0.15, 0.2) is 30.6 Å². The Morgan fingerprint density at radius 1 is 1.45 bits per heavy atom. The Balaban J connectivity index is 1.97. The minimum atomic E-state index is -0.911. The summed E-state index contributed by atoms with van der Waals surface area (Å²) in [6.07, 6.45) is 3.20. The van der Waals surface area contributed by atoms with Crippen LogP contribution in [0.5, 0.6) is 11.5 Å². The number of rotatable bonds is 3. The zero-order chi connectivity index (χ0) is 14.1. The summed E-state index contributed by atoms with van der Waals surface area (Å²) in [7, 11) is 1.72. The highest BCUT2D eigenvalue weighted by Gasteiger charge is 2.26. The molecule has 1 aliphatic heterocycles. The van der Waals surface area contributed by atoms with Crippen molar-refractivity contribution in [1.29, 1.82) is 5.26 Å². The molecule has 6 nitrogen and oxygen atoms in total. The number of hydrogen-bond acceptors (Lipinski definition) is 5. The highest BCUT2D eigenvalue weighted by atomic mass is 16.7. The summed E-state index contributed by atoms with van der Waals surface area (Å²) in [5.74, 6) is 0.184. The van der Waals surface area contributed by atoms with Gasteiger partial charge in [-0.05, 0) is 17.7 Å². The first-order valence-electron chi connectivity index (χ1n) is 6.01. The second-order valence-electron chi connectivity index (χ2n) is 4.40. The third-order valence-electron chi connectivity index (χ3n) is 3.16. The Bertz CT molecular complexity index is 715. The van der Waals surface area contributed by atoms with Gasteiger partial charge in [-0.1, -0.05) is 6.07 Å². The van der Waals surface area contributed by atoms with Gasteiger partial charge in [0, 0.05) is 19.4 Å². The molecule has 1 aromatic carbocycles. The van der Waals surface area contributed by atoms with E-state index < -0.39 is 5.92 Å². The van der Waals surface area contributed by atoms with Gasteiger partial charge in [0.25, 0.3) is 0 Å². The van der Waals surface area contributed by atoms with Crippen LogP contribution in [0.25, 0.3) is 0 Å². The summed E-state index contributed by atoms with van der Waals surface area (Å²) >= 11 is 0. The quantitative estimate of drug-likeness (QED) is 0.791. The normalized spacial score (nSPS) is 13.8. The second kappa shape index (κ2) is 4.70. The Labute approximate surface area is 115 Å². The first-order chi connectivity index (χ1) is 9.70. The van der Waals surface area contributed by atoms with Crippen LogP contribution >= 0.6 is 0 Å². The van der Waals surface area contributed by atoms with Gasteiger partial charge in [-0.15, -0.1) is 0 Å². The van der Waals surface area contributed by atoms with Crippen LogP contribution in [0.1, 0.15) is 22.1 Å². The number of aromatic nitrogens is 2. The first-order valence-corrected chi connectivity index (χ1v) is 6.01. The molecule has 1 unspecified atom stereocenters. The lowest BCUT2D eigenvalue weighted by Gasteiger charge is -2.09. The van der Waals surface area contributed by atoms with Gasteiger partial charge in [0.15, 0.2) is 17.3 Å². The van der Waals surface area contributed by atoms with Gasteiger partial charge >= 0.3 is 0 Å². The number of fused-ring (bicyclic) bond motifs is 1. The Hall–Kier alpha value is -2.81. The van der Waals surface area contributed by atoms with Gasteiger partial charge in [0.1, 0.15) is 5.92 Å². The van der Waals surface area contributed by atoms with Crippen molar-refractivity contribution in [1.82, 2.24) is 9.55 Å². The number of ketones is 1. The van der Waals surface area contributed by atoms with E-state index in [4.69, 9.17) is 9.47 Å². The van der Waals surface area contributed by atoms with Crippen molar-refractivity contribution >= 4 is 5.78 Å². The van der Waals surface area contributed by atoms with Crippen LogP contribution < -0.4 is 9.47 Å². The van der Waals surface area contributed by atoms with Crippen LogP contribution in [0, 0.1) is 11.3 Å². The third kappa shape index (κ3) is 1.89. The summed E-state index contributed by atoms with van der Waals surface area (Å²) in [6, 6.07) is 7.09. The zero-order valence-corrected chi connectivity index (χ0v) is 10.7. The number of nitrogens with zero attached hydrogens (tertiary/aromatic N) is 3. The number of aryl methyl sites for hydroxylation is 1. The summed E-state index contributed by atoms with van der Waals surface area (Å²) in [5, 5.41) is 9.31. The lowest BCUT2D eigenvalue weighted by atomic mass is 9.95. The lowest BCUT2D eigenvalue weighted by Crippen LogP contribution is -2.15. The molecule has 0 spiro atoms. The molecule has 0 radical (unpaired) electrons. The highest BCUT2D eigenvalue weighted by molar-refractivity contribution is 6.00. The summed E-state index contributed by atoms with van der Waals surface area (Å²) in [5.41, 5.74) is 0.574. The van der Waals surface area contributed by atoms with Gasteiger partial charge < -0.3 is 14.0 Å². The van der Waals surface area contributed by atoms with Crippen molar-refractivity contribution in [2.75, 3.05) is 6.79 Å². The molecular formula is C14H11N3O3. The topological polar surface area (TPSA) is 77.1 Å². The van der Waals surface area contributed by atoms with Crippen LogP contribution in [0.3, 0.4) is 0 Å². The number of carbonyl (C=O) groups is 1. The minimum Gasteiger partial charge on any atom is -0.454 e. The van der Waals surface area contributed by atoms with E-state index in [1.54, 1.807) is 36.0 Å². The van der Waals surface area contributed by atoms with Crippen LogP contribution in [-0.2, 0) is 7.05 Å². The molecule has 20 heavy (non-hydrogen) atoms. The Morgan fingerprint density at radius 2 is 2.25 bits per heavy atom. The minimum absolute atomic E-state index is 0.156. The maximum absolute atomic E-state index is 12.4. The third-order valence-corrected chi connectivity index (χ3v) is 3.16. The van der Waals surface area contributed by atoms with E-state index in [1.807, 2.05) is 6.07 Å². The number of carbonyl (C=O) groups excluding carboxylic acids is 1. The molecule has 100 valence electrons. The maximum Gasteiger partial charge on any atom is 0.231 e. The molecule has 0 bridgehead atoms. The average molecular weight is 269 g/mol. The van der Waals surface area contributed by atoms with Crippen molar-refractivity contribution in [3.05, 3.63) is 42.0 Å². The standard InChI is InChI=1S/C14H11N3O3/c1-17-5-4-16-14(17)13(18)10(7-15)9-2-3-11-12(6-9)20-8-19-11/h2-6,10H,8H2,1H3. The molecule has 0 N–H and O–H groups in total. The van der Waals surface area contributed by atoms with Gasteiger partial charge in [-0.2, -0.15) is 5.26 Å². The van der Waals surface area contributed by atoms with E-state index in [0.29, 0.717) is 17.1 Å². The molecule has 2 heterocycles. The number of ether oxygens (including phenoxy) is 2. The molecule has 0 aliphatic carbocycles. The number of Topliss-reactive ketones (excluding diaryl/α,β-unsaturated/α-hetero) is 1. The molecule has 1 aromatic heterocycles. The molecule has 0 saturated heterocycles. The van der Waals surface area contributed by atoms with E-state index in [9.17, 15) is 10.1 Å². The van der Waals surface area contributed by atoms with Crippen LogP contribution in [-0.4, -0.2) is 22.1 Å². The molecule has 2 aromatic rings. The SMILES string of the molecule is Cn1ccnc1C(=O)C(C#N)c1ccc2c(c1)OCO2. The molecular weight excluding hydrogens is 258 g/mol. The van der Waals surface area contributed by atoms with E-state index in [1.165, 1.54) is 6.20 Å². The van der Waals surface area contributed by atoms with Gasteiger partial charge in [-0.3, -0.25) is 4.79 Å². The van der Waals surface area contributed by atoms with E-state index in [2.05, 4.69) is 4.98 Å². The average Bonchev–Trinajstić information content (AvgIpc) is 3.07. The number of benzene rings is 1. The number of hydrogen-bond donors (Lipinski definition) is 0. The largest absolute Gasteiger partial charge is 0.454 e. The van der Waals surface area contributed by atoms with Gasteiger partial charge in [-0.25, -0.2) is 4.98 Å². The lowest BCUT2D eigenvalue weighted by molar-refractivity contribution is 0.0966. The monoisotopic (exact) mass is 269 g/mol.